The topological polar surface area (TPSA) is 173 Å². The van der Waals surface area contributed by atoms with E-state index < -0.39 is 33.2 Å². The number of aromatic nitrogens is 1. The van der Waals surface area contributed by atoms with Crippen LogP contribution in [0.15, 0.2) is 66.7 Å². The minimum absolute atomic E-state index is 0.0192. The van der Waals surface area contributed by atoms with E-state index in [9.17, 15) is 27.9 Å². The van der Waals surface area contributed by atoms with Gasteiger partial charge in [0.1, 0.15) is 28.4 Å². The van der Waals surface area contributed by atoms with Crippen molar-refractivity contribution in [1.82, 2.24) is 15.0 Å². The monoisotopic (exact) mass is 666 g/mol. The van der Waals surface area contributed by atoms with Gasteiger partial charge in [-0.3, -0.25) is 14.3 Å². The number of carbonyl (C=O) groups excluding carboxylic acids is 3. The van der Waals surface area contributed by atoms with Crippen molar-refractivity contribution in [2.45, 2.75) is 43.4 Å². The molecular formula is C32H34N4O8S2. The number of sulfonamides is 1. The number of nitrogens with one attached hydrogen (secondary N) is 3. The van der Waals surface area contributed by atoms with Gasteiger partial charge >= 0.3 is 5.97 Å². The van der Waals surface area contributed by atoms with Crippen molar-refractivity contribution >= 4 is 54.5 Å². The van der Waals surface area contributed by atoms with Crippen molar-refractivity contribution in [3.63, 3.8) is 0 Å². The third-order valence-corrected chi connectivity index (χ3v) is 10.1. The SMILES string of the molecule is COC(=O)c1c(O)cccc1OCCCCCNC(=O)C(Cc1ccc(C2CC(=O)NS2(=O)=O)cc1)Nc1nc2ccccc2s1. The van der Waals surface area contributed by atoms with Crippen LogP contribution in [0.5, 0.6) is 11.5 Å². The number of ether oxygens (including phenoxy) is 2. The van der Waals surface area contributed by atoms with Gasteiger partial charge in [0.2, 0.25) is 21.8 Å². The molecule has 2 amide bonds. The summed E-state index contributed by atoms with van der Waals surface area (Å²) >= 11 is 1.45. The highest BCUT2D eigenvalue weighted by molar-refractivity contribution is 7.90. The Labute approximate surface area is 270 Å². The first-order valence-electron chi connectivity index (χ1n) is 14.7. The molecule has 0 spiro atoms. The number of methoxy groups -OCH3 is 1. The van der Waals surface area contributed by atoms with Crippen LogP contribution >= 0.6 is 11.3 Å². The lowest BCUT2D eigenvalue weighted by atomic mass is 10.0. The average Bonchev–Trinajstić information content (AvgIpc) is 3.57. The standard InChI is InChI=1S/C32H34N4O8S2/c1-43-31(40)29-24(37)9-7-10-25(29)44-17-6-2-5-16-33-30(39)23(35-32-34-22-8-3-4-11-26(22)45-32)18-20-12-14-21(15-13-20)27-19-28(38)36-46(27,41)42/h3-4,7-15,23,27,37H,2,5-6,16-19H2,1H3,(H,33,39)(H,34,35)(H,36,38). The van der Waals surface area contributed by atoms with Gasteiger partial charge in [-0.25, -0.2) is 18.2 Å². The van der Waals surface area contributed by atoms with Crippen LogP contribution in [0.1, 0.15) is 52.4 Å². The lowest BCUT2D eigenvalue weighted by Gasteiger charge is -2.19. The zero-order valence-corrected chi connectivity index (χ0v) is 26.7. The molecule has 1 aromatic heterocycles. The Bertz CT molecular complexity index is 1790. The van der Waals surface area contributed by atoms with E-state index >= 15 is 0 Å². The van der Waals surface area contributed by atoms with Crippen molar-refractivity contribution in [2.75, 3.05) is 25.6 Å². The summed E-state index contributed by atoms with van der Waals surface area (Å²) < 4.78 is 38.0. The predicted octanol–water partition coefficient (Wildman–Crippen LogP) is 4.07. The number of esters is 1. The number of amides is 2. The molecule has 0 saturated carbocycles. The van der Waals surface area contributed by atoms with Crippen LogP contribution < -0.4 is 20.1 Å². The van der Waals surface area contributed by atoms with Gasteiger partial charge < -0.3 is 25.2 Å². The van der Waals surface area contributed by atoms with Gasteiger partial charge in [-0.15, -0.1) is 0 Å². The van der Waals surface area contributed by atoms with Crippen LogP contribution in [-0.4, -0.2) is 62.6 Å². The predicted molar refractivity (Wildman–Crippen MR) is 173 cm³/mol. The second-order valence-electron chi connectivity index (χ2n) is 10.7. The molecule has 0 aliphatic carbocycles. The summed E-state index contributed by atoms with van der Waals surface area (Å²) in [5.74, 6) is -1.39. The number of fused-ring (bicyclic) bond motifs is 1. The van der Waals surface area contributed by atoms with E-state index in [-0.39, 0.29) is 29.4 Å². The first-order chi connectivity index (χ1) is 22.1. The van der Waals surface area contributed by atoms with Gasteiger partial charge in [0.05, 0.1) is 30.4 Å². The lowest BCUT2D eigenvalue weighted by Crippen LogP contribution is -2.41. The largest absolute Gasteiger partial charge is 0.507 e. The summed E-state index contributed by atoms with van der Waals surface area (Å²) in [6.07, 6.45) is 2.28. The molecule has 1 aliphatic heterocycles. The van der Waals surface area contributed by atoms with Crippen molar-refractivity contribution in [2.24, 2.45) is 0 Å². The van der Waals surface area contributed by atoms with E-state index in [1.165, 1.54) is 24.5 Å². The number of unbranched alkanes of at least 4 members (excludes halogenated alkanes) is 2. The number of anilines is 1. The molecule has 0 radical (unpaired) electrons. The maximum absolute atomic E-state index is 13.4. The minimum Gasteiger partial charge on any atom is -0.507 e. The van der Waals surface area contributed by atoms with Gasteiger partial charge in [0.25, 0.3) is 0 Å². The highest BCUT2D eigenvalue weighted by Crippen LogP contribution is 2.31. The fourth-order valence-corrected chi connectivity index (χ4v) is 7.46. The van der Waals surface area contributed by atoms with E-state index in [0.717, 1.165) is 22.2 Å². The summed E-state index contributed by atoms with van der Waals surface area (Å²) in [6.45, 7) is 0.738. The van der Waals surface area contributed by atoms with Crippen molar-refractivity contribution in [3.05, 3.63) is 83.4 Å². The first-order valence-corrected chi connectivity index (χ1v) is 17.1. The molecule has 12 nitrogen and oxygen atoms in total. The van der Waals surface area contributed by atoms with E-state index in [1.54, 1.807) is 36.4 Å². The number of hydrogen-bond donors (Lipinski definition) is 4. The first kappa shape index (κ1) is 32.7. The molecule has 1 saturated heterocycles. The molecule has 3 aromatic carbocycles. The van der Waals surface area contributed by atoms with E-state index in [1.807, 2.05) is 29.0 Å². The number of hydrogen-bond acceptors (Lipinski definition) is 11. The average molecular weight is 667 g/mol. The molecule has 2 heterocycles. The molecule has 1 fully saturated rings. The highest BCUT2D eigenvalue weighted by Gasteiger charge is 2.37. The number of para-hydroxylation sites is 1. The van der Waals surface area contributed by atoms with Gasteiger partial charge in [0, 0.05) is 13.0 Å². The molecule has 242 valence electrons. The van der Waals surface area contributed by atoms with Gasteiger partial charge in [-0.1, -0.05) is 53.8 Å². The maximum atomic E-state index is 13.4. The lowest BCUT2D eigenvalue weighted by molar-refractivity contribution is -0.122. The van der Waals surface area contributed by atoms with Crippen molar-refractivity contribution in [3.8, 4) is 11.5 Å². The van der Waals surface area contributed by atoms with Gasteiger partial charge in [-0.2, -0.15) is 0 Å². The summed E-state index contributed by atoms with van der Waals surface area (Å²) in [5, 5.41) is 15.9. The summed E-state index contributed by atoms with van der Waals surface area (Å²) in [7, 11) is -2.52. The molecule has 1 aliphatic rings. The van der Waals surface area contributed by atoms with Crippen LogP contribution in [0, 0.1) is 0 Å². The Morgan fingerprint density at radius 1 is 1.07 bits per heavy atom. The second-order valence-corrected chi connectivity index (χ2v) is 13.6. The van der Waals surface area contributed by atoms with Crippen molar-refractivity contribution < 1.29 is 37.4 Å². The number of rotatable bonds is 14. The Balaban J connectivity index is 1.17. The van der Waals surface area contributed by atoms with E-state index in [2.05, 4.69) is 15.6 Å². The zero-order valence-electron chi connectivity index (χ0n) is 25.0. The number of phenolic OH excluding ortho intramolecular Hbond substituents is 1. The third-order valence-electron chi connectivity index (χ3n) is 7.47. The Morgan fingerprint density at radius 2 is 1.85 bits per heavy atom. The molecule has 5 rings (SSSR count). The maximum Gasteiger partial charge on any atom is 0.345 e. The fraction of sp³-hybridized carbons (Fsp3) is 0.312. The number of phenols is 1. The number of thiazole rings is 1. The number of nitrogens with zero attached hydrogens (tertiary/aromatic N) is 1. The van der Waals surface area contributed by atoms with Crippen LogP contribution in [0.3, 0.4) is 0 Å². The molecule has 0 bridgehead atoms. The molecule has 2 unspecified atom stereocenters. The number of aromatic hydroxyl groups is 1. The summed E-state index contributed by atoms with van der Waals surface area (Å²) in [5.41, 5.74) is 2.12. The molecule has 2 atom stereocenters. The number of benzene rings is 3. The summed E-state index contributed by atoms with van der Waals surface area (Å²) in [4.78, 5) is 41.6. The minimum atomic E-state index is -3.75. The van der Waals surface area contributed by atoms with E-state index in [0.29, 0.717) is 43.1 Å². The fourth-order valence-electron chi connectivity index (χ4n) is 5.11. The zero-order chi connectivity index (χ0) is 32.7. The molecular weight excluding hydrogens is 633 g/mol. The Morgan fingerprint density at radius 3 is 2.57 bits per heavy atom. The Kier molecular flexibility index (Phi) is 10.4. The van der Waals surface area contributed by atoms with Crippen LogP contribution in [-0.2, 0) is 30.8 Å². The third kappa shape index (κ3) is 7.93. The highest BCUT2D eigenvalue weighted by atomic mass is 32.2. The van der Waals surface area contributed by atoms with Crippen molar-refractivity contribution in [1.29, 1.82) is 0 Å². The second kappa shape index (κ2) is 14.6. The molecule has 46 heavy (non-hydrogen) atoms. The Hall–Kier alpha value is -4.69. The quantitative estimate of drug-likeness (QED) is 0.114. The smallest absolute Gasteiger partial charge is 0.345 e. The van der Waals surface area contributed by atoms with Gasteiger partial charge in [-0.05, 0) is 54.7 Å². The molecule has 4 aromatic rings. The summed E-state index contributed by atoms with van der Waals surface area (Å²) in [6, 6.07) is 18.5. The van der Waals surface area contributed by atoms with Crippen LogP contribution in [0.4, 0.5) is 5.13 Å². The molecule has 14 heteroatoms. The van der Waals surface area contributed by atoms with Crippen LogP contribution in [0.25, 0.3) is 10.2 Å². The normalized spacial score (nSPS) is 16.0. The molecule has 4 N–H and O–H groups in total. The van der Waals surface area contributed by atoms with Gasteiger partial charge in [0.15, 0.2) is 5.13 Å². The number of carbonyl (C=O) groups is 3. The van der Waals surface area contributed by atoms with E-state index in [4.69, 9.17) is 9.47 Å². The van der Waals surface area contributed by atoms with Crippen LogP contribution in [0.2, 0.25) is 0 Å².